The Morgan fingerprint density at radius 2 is 2.18 bits per heavy atom. The van der Waals surface area contributed by atoms with Crippen molar-refractivity contribution < 1.29 is 4.74 Å². The number of nitrogens with one attached hydrogen (secondary N) is 1. The second kappa shape index (κ2) is 5.19. The van der Waals surface area contributed by atoms with Gasteiger partial charge in [0.1, 0.15) is 10.8 Å². The van der Waals surface area contributed by atoms with Gasteiger partial charge in [0.05, 0.1) is 13.7 Å². The summed E-state index contributed by atoms with van der Waals surface area (Å²) >= 11 is 1.68. The summed E-state index contributed by atoms with van der Waals surface area (Å²) in [5.41, 5.74) is 3.38. The molecule has 0 aliphatic heterocycles. The lowest BCUT2D eigenvalue weighted by molar-refractivity contribution is 0.414. The molecule has 90 valence electrons. The molecule has 1 aromatic heterocycles. The molecule has 0 fully saturated rings. The molecule has 0 unspecified atom stereocenters. The van der Waals surface area contributed by atoms with E-state index in [0.29, 0.717) is 0 Å². The topological polar surface area (TPSA) is 34.1 Å². The van der Waals surface area contributed by atoms with Crippen LogP contribution in [-0.4, -0.2) is 12.1 Å². The third-order valence-corrected chi connectivity index (χ3v) is 3.50. The van der Waals surface area contributed by atoms with Crippen molar-refractivity contribution in [3.8, 4) is 5.75 Å². The Balaban J connectivity index is 2.04. The minimum Gasteiger partial charge on any atom is -0.497 e. The fraction of sp³-hybridized carbons (Fsp3) is 0.308. The molecule has 0 atom stereocenters. The molecule has 0 spiro atoms. The van der Waals surface area contributed by atoms with Gasteiger partial charge in [0, 0.05) is 16.8 Å². The molecule has 1 N–H and O–H groups in total. The highest BCUT2D eigenvalue weighted by Gasteiger charge is 2.02. The maximum absolute atomic E-state index is 5.18. The number of aromatic nitrogens is 1. The van der Waals surface area contributed by atoms with E-state index in [1.165, 1.54) is 5.56 Å². The van der Waals surface area contributed by atoms with Gasteiger partial charge < -0.3 is 10.1 Å². The van der Waals surface area contributed by atoms with E-state index < -0.39 is 0 Å². The van der Waals surface area contributed by atoms with Crippen molar-refractivity contribution in [1.82, 2.24) is 4.98 Å². The molecule has 2 rings (SSSR count). The summed E-state index contributed by atoms with van der Waals surface area (Å²) in [5.74, 6) is 0.887. The fourth-order valence-electron chi connectivity index (χ4n) is 1.62. The maximum atomic E-state index is 5.18. The fourth-order valence-corrected chi connectivity index (χ4v) is 2.33. The number of aryl methyl sites for hydroxylation is 2. The molecule has 1 heterocycles. The van der Waals surface area contributed by atoms with Gasteiger partial charge in [0.15, 0.2) is 0 Å². The molecule has 0 saturated carbocycles. The second-order valence-corrected chi connectivity index (χ2v) is 4.86. The van der Waals surface area contributed by atoms with E-state index in [1.54, 1.807) is 18.4 Å². The van der Waals surface area contributed by atoms with Gasteiger partial charge in [-0.1, -0.05) is 0 Å². The number of thiazole rings is 1. The van der Waals surface area contributed by atoms with Crippen LogP contribution in [0.15, 0.2) is 23.6 Å². The van der Waals surface area contributed by atoms with E-state index in [0.717, 1.165) is 28.7 Å². The zero-order chi connectivity index (χ0) is 12.3. The standard InChI is InChI=1S/C13H16N2OS/c1-9-6-11(16-3)4-5-12(9)14-7-13-15-10(2)8-17-13/h4-6,8,14H,7H2,1-3H3. The van der Waals surface area contributed by atoms with E-state index in [1.807, 2.05) is 25.1 Å². The lowest BCUT2D eigenvalue weighted by atomic mass is 10.2. The summed E-state index contributed by atoms with van der Waals surface area (Å²) < 4.78 is 5.18. The quantitative estimate of drug-likeness (QED) is 0.900. The van der Waals surface area contributed by atoms with Gasteiger partial charge in [-0.05, 0) is 37.6 Å². The maximum Gasteiger partial charge on any atom is 0.119 e. The predicted octanol–water partition coefficient (Wildman–Crippen LogP) is 3.38. The Labute approximate surface area is 105 Å². The summed E-state index contributed by atoms with van der Waals surface area (Å²) in [7, 11) is 1.68. The van der Waals surface area contributed by atoms with Crippen molar-refractivity contribution in [3.05, 3.63) is 39.8 Å². The Hall–Kier alpha value is -1.55. The predicted molar refractivity (Wildman–Crippen MR) is 71.9 cm³/mol. The lowest BCUT2D eigenvalue weighted by Crippen LogP contribution is -2.00. The molecular weight excluding hydrogens is 232 g/mol. The first-order valence-electron chi connectivity index (χ1n) is 5.48. The van der Waals surface area contributed by atoms with Gasteiger partial charge in [0.2, 0.25) is 0 Å². The van der Waals surface area contributed by atoms with Crippen LogP contribution >= 0.6 is 11.3 Å². The van der Waals surface area contributed by atoms with Crippen LogP contribution in [0.25, 0.3) is 0 Å². The van der Waals surface area contributed by atoms with Gasteiger partial charge in [0.25, 0.3) is 0 Å². The molecule has 0 radical (unpaired) electrons. The molecule has 0 aliphatic carbocycles. The molecule has 1 aromatic carbocycles. The van der Waals surface area contributed by atoms with Crippen LogP contribution in [0, 0.1) is 13.8 Å². The number of anilines is 1. The molecule has 4 heteroatoms. The summed E-state index contributed by atoms with van der Waals surface area (Å²) in [4.78, 5) is 4.42. The molecule has 0 bridgehead atoms. The highest BCUT2D eigenvalue weighted by atomic mass is 32.1. The van der Waals surface area contributed by atoms with E-state index in [-0.39, 0.29) is 0 Å². The van der Waals surface area contributed by atoms with Gasteiger partial charge in [-0.2, -0.15) is 0 Å². The highest BCUT2D eigenvalue weighted by molar-refractivity contribution is 7.09. The van der Waals surface area contributed by atoms with E-state index in [2.05, 4.69) is 22.6 Å². The first kappa shape index (κ1) is 11.9. The van der Waals surface area contributed by atoms with Crippen molar-refractivity contribution in [2.45, 2.75) is 20.4 Å². The van der Waals surface area contributed by atoms with Crippen LogP contribution in [0.4, 0.5) is 5.69 Å². The minimum atomic E-state index is 0.770. The lowest BCUT2D eigenvalue weighted by Gasteiger charge is -2.09. The van der Waals surface area contributed by atoms with Crippen molar-refractivity contribution >= 4 is 17.0 Å². The van der Waals surface area contributed by atoms with E-state index in [4.69, 9.17) is 4.74 Å². The van der Waals surface area contributed by atoms with Crippen LogP contribution in [0.2, 0.25) is 0 Å². The van der Waals surface area contributed by atoms with Crippen molar-refractivity contribution in [2.75, 3.05) is 12.4 Å². The first-order chi connectivity index (χ1) is 8.19. The van der Waals surface area contributed by atoms with Crippen molar-refractivity contribution in [2.24, 2.45) is 0 Å². The zero-order valence-corrected chi connectivity index (χ0v) is 11.1. The Morgan fingerprint density at radius 1 is 1.35 bits per heavy atom. The number of methoxy groups -OCH3 is 1. The number of hydrogen-bond donors (Lipinski definition) is 1. The Morgan fingerprint density at radius 3 is 2.76 bits per heavy atom. The molecule has 0 saturated heterocycles. The smallest absolute Gasteiger partial charge is 0.119 e. The number of benzene rings is 1. The third-order valence-electron chi connectivity index (χ3n) is 2.53. The second-order valence-electron chi connectivity index (χ2n) is 3.92. The normalized spacial score (nSPS) is 10.3. The Bertz CT molecular complexity index is 508. The molecule has 0 aliphatic rings. The monoisotopic (exact) mass is 248 g/mol. The summed E-state index contributed by atoms with van der Waals surface area (Å²) in [5, 5.41) is 6.56. The molecule has 0 amide bonds. The largest absolute Gasteiger partial charge is 0.497 e. The number of ether oxygens (including phenoxy) is 1. The summed E-state index contributed by atoms with van der Waals surface area (Å²) in [6.45, 7) is 4.85. The molecule has 3 nitrogen and oxygen atoms in total. The molecule has 17 heavy (non-hydrogen) atoms. The third kappa shape index (κ3) is 2.97. The first-order valence-corrected chi connectivity index (χ1v) is 6.36. The number of rotatable bonds is 4. The van der Waals surface area contributed by atoms with E-state index >= 15 is 0 Å². The molecule has 2 aromatic rings. The zero-order valence-electron chi connectivity index (χ0n) is 10.3. The van der Waals surface area contributed by atoms with Crippen LogP contribution < -0.4 is 10.1 Å². The SMILES string of the molecule is COc1ccc(NCc2nc(C)cs2)c(C)c1. The minimum absolute atomic E-state index is 0.770. The van der Waals surface area contributed by atoms with Crippen molar-refractivity contribution in [3.63, 3.8) is 0 Å². The molecular formula is C13H16N2OS. The van der Waals surface area contributed by atoms with Gasteiger partial charge in [-0.25, -0.2) is 4.98 Å². The number of hydrogen-bond acceptors (Lipinski definition) is 4. The Kier molecular flexibility index (Phi) is 3.64. The van der Waals surface area contributed by atoms with Gasteiger partial charge in [-0.15, -0.1) is 11.3 Å². The average Bonchev–Trinajstić information content (AvgIpc) is 2.73. The summed E-state index contributed by atoms with van der Waals surface area (Å²) in [6.07, 6.45) is 0. The highest BCUT2D eigenvalue weighted by Crippen LogP contribution is 2.22. The number of nitrogens with zero attached hydrogens (tertiary/aromatic N) is 1. The van der Waals surface area contributed by atoms with Crippen LogP contribution in [0.1, 0.15) is 16.3 Å². The van der Waals surface area contributed by atoms with Gasteiger partial charge >= 0.3 is 0 Å². The summed E-state index contributed by atoms with van der Waals surface area (Å²) in [6, 6.07) is 6.02. The van der Waals surface area contributed by atoms with Crippen LogP contribution in [0.3, 0.4) is 0 Å². The van der Waals surface area contributed by atoms with Crippen LogP contribution in [-0.2, 0) is 6.54 Å². The van der Waals surface area contributed by atoms with E-state index in [9.17, 15) is 0 Å². The van der Waals surface area contributed by atoms with Crippen molar-refractivity contribution in [1.29, 1.82) is 0 Å². The average molecular weight is 248 g/mol. The van der Waals surface area contributed by atoms with Crippen LogP contribution in [0.5, 0.6) is 5.75 Å². The van der Waals surface area contributed by atoms with Gasteiger partial charge in [-0.3, -0.25) is 0 Å².